The molecule has 2 aromatic rings. The molecule has 1 amide bonds. The molecule has 0 unspecified atom stereocenters. The number of carbonyl (C=O) groups excluding carboxylic acids is 1. The van der Waals surface area contributed by atoms with E-state index in [1.54, 1.807) is 31.2 Å². The SMILES string of the molecule is Cc1ccc(C(=O)Nc2cccc(N3CCCS3(=O)=O)c2)cc1[N+](=O)[O-]. The van der Waals surface area contributed by atoms with E-state index in [9.17, 15) is 23.3 Å². The quantitative estimate of drug-likeness (QED) is 0.653. The van der Waals surface area contributed by atoms with Crippen molar-refractivity contribution in [3.05, 3.63) is 63.7 Å². The van der Waals surface area contributed by atoms with E-state index in [2.05, 4.69) is 5.32 Å². The minimum absolute atomic E-state index is 0.108. The van der Waals surface area contributed by atoms with Crippen molar-refractivity contribution in [2.24, 2.45) is 0 Å². The number of hydrogen-bond donors (Lipinski definition) is 1. The number of benzene rings is 2. The van der Waals surface area contributed by atoms with Crippen molar-refractivity contribution in [2.45, 2.75) is 13.3 Å². The summed E-state index contributed by atoms with van der Waals surface area (Å²) in [7, 11) is -3.31. The fourth-order valence-electron chi connectivity index (χ4n) is 2.82. The highest BCUT2D eigenvalue weighted by molar-refractivity contribution is 7.93. The molecule has 8 nitrogen and oxygen atoms in total. The van der Waals surface area contributed by atoms with Crippen LogP contribution in [0.4, 0.5) is 17.1 Å². The molecule has 9 heteroatoms. The number of sulfonamides is 1. The molecule has 0 aromatic heterocycles. The van der Waals surface area contributed by atoms with E-state index in [-0.39, 0.29) is 17.0 Å². The third-order valence-corrected chi connectivity index (χ3v) is 6.03. The molecule has 0 bridgehead atoms. The number of nitrogens with one attached hydrogen (secondary N) is 1. The molecule has 2 aromatic carbocycles. The number of nitro benzene ring substituents is 1. The first-order valence-electron chi connectivity index (χ1n) is 7.95. The summed E-state index contributed by atoms with van der Waals surface area (Å²) in [4.78, 5) is 22.9. The number of aryl methyl sites for hydroxylation is 1. The van der Waals surface area contributed by atoms with Gasteiger partial charge in [0.15, 0.2) is 0 Å². The maximum absolute atomic E-state index is 12.4. The van der Waals surface area contributed by atoms with Crippen LogP contribution in [0, 0.1) is 17.0 Å². The van der Waals surface area contributed by atoms with Gasteiger partial charge >= 0.3 is 0 Å². The van der Waals surface area contributed by atoms with Crippen LogP contribution in [0.3, 0.4) is 0 Å². The van der Waals surface area contributed by atoms with Crippen molar-refractivity contribution in [2.75, 3.05) is 21.9 Å². The number of anilines is 2. The molecule has 0 atom stereocenters. The Hall–Kier alpha value is -2.94. The van der Waals surface area contributed by atoms with Crippen molar-refractivity contribution in [1.82, 2.24) is 0 Å². The van der Waals surface area contributed by atoms with Gasteiger partial charge in [0.05, 0.1) is 16.4 Å². The fraction of sp³-hybridized carbons (Fsp3) is 0.235. The Labute approximate surface area is 150 Å². The summed E-state index contributed by atoms with van der Waals surface area (Å²) in [6.45, 7) is 2.00. The minimum atomic E-state index is -3.31. The molecule has 0 radical (unpaired) electrons. The predicted octanol–water partition coefficient (Wildman–Crippen LogP) is 2.70. The molecule has 0 spiro atoms. The molecule has 1 fully saturated rings. The van der Waals surface area contributed by atoms with Crippen LogP contribution in [-0.4, -0.2) is 31.5 Å². The fourth-order valence-corrected chi connectivity index (χ4v) is 4.38. The Balaban J connectivity index is 1.83. The van der Waals surface area contributed by atoms with Gasteiger partial charge in [-0.15, -0.1) is 0 Å². The third-order valence-electron chi connectivity index (χ3n) is 4.16. The zero-order valence-electron chi connectivity index (χ0n) is 14.0. The topological polar surface area (TPSA) is 110 Å². The molecule has 1 aliphatic heterocycles. The standard InChI is InChI=1S/C17H17N3O5S/c1-12-6-7-13(10-16(12)20(22)23)17(21)18-14-4-2-5-15(11-14)19-8-3-9-26(19,24)25/h2,4-7,10-11H,3,8-9H2,1H3,(H,18,21). The minimum Gasteiger partial charge on any atom is -0.322 e. The number of rotatable bonds is 4. The van der Waals surface area contributed by atoms with E-state index in [1.165, 1.54) is 22.5 Å². The monoisotopic (exact) mass is 375 g/mol. The largest absolute Gasteiger partial charge is 0.322 e. The van der Waals surface area contributed by atoms with Crippen LogP contribution in [0.5, 0.6) is 0 Å². The maximum Gasteiger partial charge on any atom is 0.273 e. The first kappa shape index (κ1) is 17.9. The van der Waals surface area contributed by atoms with Gasteiger partial charge in [0.2, 0.25) is 10.0 Å². The van der Waals surface area contributed by atoms with Gasteiger partial charge in [0.25, 0.3) is 11.6 Å². The molecule has 1 N–H and O–H groups in total. The summed E-state index contributed by atoms with van der Waals surface area (Å²) in [5.41, 5.74) is 1.39. The second-order valence-corrected chi connectivity index (χ2v) is 8.02. The molecule has 136 valence electrons. The summed E-state index contributed by atoms with van der Waals surface area (Å²) in [6.07, 6.45) is 0.561. The Bertz CT molecular complexity index is 988. The predicted molar refractivity (Wildman–Crippen MR) is 98.0 cm³/mol. The highest BCUT2D eigenvalue weighted by Crippen LogP contribution is 2.27. The summed E-state index contributed by atoms with van der Waals surface area (Å²) in [5.74, 6) is -0.397. The van der Waals surface area contributed by atoms with E-state index < -0.39 is 20.9 Å². The van der Waals surface area contributed by atoms with Gasteiger partial charge in [-0.2, -0.15) is 0 Å². The molecule has 1 heterocycles. The van der Waals surface area contributed by atoms with E-state index in [0.29, 0.717) is 29.9 Å². The average molecular weight is 375 g/mol. The molecule has 1 aliphatic rings. The summed E-state index contributed by atoms with van der Waals surface area (Å²) in [5, 5.41) is 13.7. The van der Waals surface area contributed by atoms with Crippen molar-refractivity contribution in [3.8, 4) is 0 Å². The van der Waals surface area contributed by atoms with Gasteiger partial charge in [0, 0.05) is 29.4 Å². The summed E-state index contributed by atoms with van der Waals surface area (Å²) in [6, 6.07) is 10.8. The highest BCUT2D eigenvalue weighted by Gasteiger charge is 2.28. The second kappa shape index (κ2) is 6.75. The Kier molecular flexibility index (Phi) is 4.64. The lowest BCUT2D eigenvalue weighted by molar-refractivity contribution is -0.385. The zero-order valence-corrected chi connectivity index (χ0v) is 14.8. The van der Waals surface area contributed by atoms with E-state index in [1.807, 2.05) is 0 Å². The number of hydrogen-bond acceptors (Lipinski definition) is 5. The van der Waals surface area contributed by atoms with Gasteiger partial charge in [-0.05, 0) is 37.6 Å². The zero-order chi connectivity index (χ0) is 18.9. The van der Waals surface area contributed by atoms with Crippen LogP contribution in [0.2, 0.25) is 0 Å². The lowest BCUT2D eigenvalue weighted by Gasteiger charge is -2.17. The molecular weight excluding hydrogens is 358 g/mol. The number of nitro groups is 1. The molecule has 0 aliphatic carbocycles. The Morgan fingerprint density at radius 2 is 2.00 bits per heavy atom. The highest BCUT2D eigenvalue weighted by atomic mass is 32.2. The van der Waals surface area contributed by atoms with Gasteiger partial charge < -0.3 is 5.32 Å². The molecule has 0 saturated carbocycles. The van der Waals surface area contributed by atoms with Crippen LogP contribution in [-0.2, 0) is 10.0 Å². The number of carbonyl (C=O) groups is 1. The van der Waals surface area contributed by atoms with Crippen LogP contribution in [0.1, 0.15) is 22.3 Å². The van der Waals surface area contributed by atoms with Crippen LogP contribution in [0.25, 0.3) is 0 Å². The molecule has 1 saturated heterocycles. The van der Waals surface area contributed by atoms with Gasteiger partial charge in [-0.1, -0.05) is 12.1 Å². The van der Waals surface area contributed by atoms with E-state index >= 15 is 0 Å². The van der Waals surface area contributed by atoms with Crippen LogP contribution in [0.15, 0.2) is 42.5 Å². The van der Waals surface area contributed by atoms with E-state index in [0.717, 1.165) is 0 Å². The Morgan fingerprint density at radius 1 is 1.23 bits per heavy atom. The normalized spacial score (nSPS) is 15.7. The lowest BCUT2D eigenvalue weighted by Crippen LogP contribution is -2.25. The maximum atomic E-state index is 12.4. The molecule has 26 heavy (non-hydrogen) atoms. The lowest BCUT2D eigenvalue weighted by atomic mass is 10.1. The molecular formula is C17H17N3O5S. The smallest absolute Gasteiger partial charge is 0.273 e. The van der Waals surface area contributed by atoms with Crippen molar-refractivity contribution in [3.63, 3.8) is 0 Å². The van der Waals surface area contributed by atoms with E-state index in [4.69, 9.17) is 0 Å². The first-order valence-corrected chi connectivity index (χ1v) is 9.56. The average Bonchev–Trinajstić information content (AvgIpc) is 2.94. The van der Waals surface area contributed by atoms with Gasteiger partial charge in [-0.25, -0.2) is 8.42 Å². The van der Waals surface area contributed by atoms with Gasteiger partial charge in [-0.3, -0.25) is 19.2 Å². The number of nitrogens with zero attached hydrogens (tertiary/aromatic N) is 2. The third kappa shape index (κ3) is 3.52. The van der Waals surface area contributed by atoms with Crippen molar-refractivity contribution < 1.29 is 18.1 Å². The van der Waals surface area contributed by atoms with Gasteiger partial charge in [0.1, 0.15) is 0 Å². The first-order chi connectivity index (χ1) is 12.3. The summed E-state index contributed by atoms with van der Waals surface area (Å²) >= 11 is 0. The molecule has 3 rings (SSSR count). The van der Waals surface area contributed by atoms with Crippen molar-refractivity contribution in [1.29, 1.82) is 0 Å². The summed E-state index contributed by atoms with van der Waals surface area (Å²) < 4.78 is 25.4. The van der Waals surface area contributed by atoms with Crippen LogP contribution >= 0.6 is 0 Å². The van der Waals surface area contributed by atoms with Crippen molar-refractivity contribution >= 4 is 33.0 Å². The second-order valence-electron chi connectivity index (χ2n) is 6.00. The van der Waals surface area contributed by atoms with Crippen LogP contribution < -0.4 is 9.62 Å². The number of amides is 1. The Morgan fingerprint density at radius 3 is 2.65 bits per heavy atom.